The number of carbonyl (C=O) groups is 1. The van der Waals surface area contributed by atoms with Crippen molar-refractivity contribution in [3.8, 4) is 17.4 Å². The summed E-state index contributed by atoms with van der Waals surface area (Å²) >= 11 is 0. The Labute approximate surface area is 174 Å². The Balaban J connectivity index is 1.45. The number of nitrogens with one attached hydrogen (secondary N) is 1. The second-order valence-electron chi connectivity index (χ2n) is 6.72. The number of furan rings is 1. The summed E-state index contributed by atoms with van der Waals surface area (Å²) in [6, 6.07) is 18.4. The lowest BCUT2D eigenvalue weighted by Gasteiger charge is -2.08. The molecular weight excluding hydrogens is 382 g/mol. The molecule has 2 heterocycles. The number of nitrogens with zero attached hydrogens (tertiary/aromatic N) is 2. The number of ether oxygens (including phenoxy) is 2. The summed E-state index contributed by atoms with van der Waals surface area (Å²) in [6.07, 6.45) is 0.975. The van der Waals surface area contributed by atoms with Crippen LogP contribution in [0.5, 0.6) is 17.4 Å². The lowest BCUT2D eigenvalue weighted by Crippen LogP contribution is -2.24. The number of carbonyl (C=O) groups excluding carboxylic acids is 1. The van der Waals surface area contributed by atoms with Crippen LogP contribution in [0.1, 0.15) is 29.7 Å². The highest BCUT2D eigenvalue weighted by atomic mass is 16.6. The third kappa shape index (κ3) is 4.00. The quantitative estimate of drug-likeness (QED) is 0.457. The van der Waals surface area contributed by atoms with Gasteiger partial charge >= 0.3 is 0 Å². The smallest absolute Gasteiger partial charge is 0.290 e. The highest BCUT2D eigenvalue weighted by molar-refractivity contribution is 5.91. The monoisotopic (exact) mass is 405 g/mol. The maximum absolute atomic E-state index is 12.6. The number of aryl methyl sites for hydroxylation is 1. The summed E-state index contributed by atoms with van der Waals surface area (Å²) in [5, 5.41) is 2.88. The molecule has 0 saturated carbocycles. The second kappa shape index (κ2) is 8.73. The van der Waals surface area contributed by atoms with Crippen molar-refractivity contribution in [2.45, 2.75) is 26.4 Å². The highest BCUT2D eigenvalue weighted by Crippen LogP contribution is 2.31. The fourth-order valence-electron chi connectivity index (χ4n) is 3.29. The van der Waals surface area contributed by atoms with Crippen LogP contribution in [0.3, 0.4) is 0 Å². The molecule has 0 radical (unpaired) electrons. The van der Waals surface area contributed by atoms with E-state index in [1.807, 2.05) is 36.4 Å². The first kappa shape index (κ1) is 19.6. The fraction of sp³-hybridized carbons (Fsp3) is 0.217. The van der Waals surface area contributed by atoms with Crippen LogP contribution in [0.25, 0.3) is 11.0 Å². The van der Waals surface area contributed by atoms with Crippen LogP contribution in [-0.4, -0.2) is 22.6 Å². The molecule has 1 amide bonds. The van der Waals surface area contributed by atoms with E-state index in [0.717, 1.165) is 29.8 Å². The third-order valence-corrected chi connectivity index (χ3v) is 4.67. The van der Waals surface area contributed by atoms with Gasteiger partial charge in [0.1, 0.15) is 5.82 Å². The van der Waals surface area contributed by atoms with Crippen LogP contribution >= 0.6 is 0 Å². The Bertz CT molecular complexity index is 1160. The van der Waals surface area contributed by atoms with Gasteiger partial charge in [-0.2, -0.15) is 0 Å². The summed E-state index contributed by atoms with van der Waals surface area (Å²) < 4.78 is 18.6. The first-order chi connectivity index (χ1) is 14.7. The van der Waals surface area contributed by atoms with Gasteiger partial charge in [0, 0.05) is 12.6 Å². The Kier molecular flexibility index (Phi) is 5.70. The zero-order valence-electron chi connectivity index (χ0n) is 16.9. The van der Waals surface area contributed by atoms with Crippen molar-refractivity contribution >= 4 is 16.9 Å². The van der Waals surface area contributed by atoms with E-state index in [0.29, 0.717) is 18.0 Å². The molecule has 0 aliphatic heterocycles. The minimum atomic E-state index is -0.333. The van der Waals surface area contributed by atoms with Crippen LogP contribution < -0.4 is 14.8 Å². The van der Waals surface area contributed by atoms with Crippen LogP contribution in [0.4, 0.5) is 0 Å². The molecule has 2 aromatic carbocycles. The second-order valence-corrected chi connectivity index (χ2v) is 6.72. The number of para-hydroxylation sites is 4. The summed E-state index contributed by atoms with van der Waals surface area (Å²) in [4.78, 5) is 17.2. The number of rotatable bonds is 8. The van der Waals surface area contributed by atoms with Crippen LogP contribution in [0, 0.1) is 0 Å². The predicted octanol–water partition coefficient (Wildman–Crippen LogP) is 4.77. The molecular formula is C23H23N3O4. The van der Waals surface area contributed by atoms with Crippen LogP contribution in [0.15, 0.2) is 65.1 Å². The number of fused-ring (bicyclic) bond motifs is 1. The molecule has 4 aromatic rings. The number of hydrogen-bond donors (Lipinski definition) is 1. The molecule has 4 rings (SSSR count). The molecule has 0 bridgehead atoms. The number of methoxy groups -OCH3 is 1. The van der Waals surface area contributed by atoms with Gasteiger partial charge in [-0.1, -0.05) is 31.2 Å². The molecule has 0 atom stereocenters. The van der Waals surface area contributed by atoms with Crippen molar-refractivity contribution in [3.05, 3.63) is 72.2 Å². The molecule has 0 unspecified atom stereocenters. The van der Waals surface area contributed by atoms with E-state index >= 15 is 0 Å². The van der Waals surface area contributed by atoms with E-state index in [-0.39, 0.29) is 17.6 Å². The highest BCUT2D eigenvalue weighted by Gasteiger charge is 2.16. The van der Waals surface area contributed by atoms with Crippen LogP contribution in [-0.2, 0) is 13.1 Å². The Morgan fingerprint density at radius 3 is 2.63 bits per heavy atom. The van der Waals surface area contributed by atoms with Crippen molar-refractivity contribution in [3.63, 3.8) is 0 Å². The molecule has 30 heavy (non-hydrogen) atoms. The van der Waals surface area contributed by atoms with Crippen molar-refractivity contribution < 1.29 is 18.7 Å². The van der Waals surface area contributed by atoms with Crippen molar-refractivity contribution in [2.75, 3.05) is 7.11 Å². The molecule has 154 valence electrons. The minimum absolute atomic E-state index is 0.165. The van der Waals surface area contributed by atoms with E-state index < -0.39 is 0 Å². The molecule has 0 saturated heterocycles. The van der Waals surface area contributed by atoms with Gasteiger partial charge < -0.3 is 23.8 Å². The molecule has 7 heteroatoms. The summed E-state index contributed by atoms with van der Waals surface area (Å²) in [7, 11) is 1.56. The van der Waals surface area contributed by atoms with E-state index in [1.54, 1.807) is 31.4 Å². The molecule has 0 aliphatic rings. The van der Waals surface area contributed by atoms with E-state index in [2.05, 4.69) is 21.8 Å². The van der Waals surface area contributed by atoms with Gasteiger partial charge in [-0.05, 0) is 36.8 Å². The van der Waals surface area contributed by atoms with Crippen molar-refractivity contribution in [1.29, 1.82) is 0 Å². The molecule has 0 aliphatic carbocycles. The zero-order valence-corrected chi connectivity index (χ0v) is 16.9. The predicted molar refractivity (Wildman–Crippen MR) is 113 cm³/mol. The molecule has 2 aromatic heterocycles. The zero-order chi connectivity index (χ0) is 20.9. The van der Waals surface area contributed by atoms with Gasteiger partial charge in [0.25, 0.3) is 11.9 Å². The van der Waals surface area contributed by atoms with Gasteiger partial charge in [0.15, 0.2) is 17.3 Å². The molecule has 1 N–H and O–H groups in total. The maximum Gasteiger partial charge on any atom is 0.290 e. The van der Waals surface area contributed by atoms with E-state index in [1.165, 1.54) is 0 Å². The first-order valence-corrected chi connectivity index (χ1v) is 9.82. The van der Waals surface area contributed by atoms with Crippen molar-refractivity contribution in [1.82, 2.24) is 14.9 Å². The minimum Gasteiger partial charge on any atom is -0.493 e. The van der Waals surface area contributed by atoms with E-state index in [4.69, 9.17) is 13.9 Å². The first-order valence-electron chi connectivity index (χ1n) is 9.82. The Morgan fingerprint density at radius 1 is 1.07 bits per heavy atom. The Morgan fingerprint density at radius 2 is 1.83 bits per heavy atom. The standard InChI is InChI=1S/C23H23N3O4/c1-3-14-26-17-9-5-4-8-16(17)25-21(26)15-24-23(27)20-12-13-22(30-20)29-19-11-7-6-10-18(19)28-2/h4-13H,3,14-15H2,1-2H3,(H,24,27). The lowest BCUT2D eigenvalue weighted by molar-refractivity contribution is 0.0916. The largest absolute Gasteiger partial charge is 0.493 e. The summed E-state index contributed by atoms with van der Waals surface area (Å²) in [5.41, 5.74) is 1.98. The number of aromatic nitrogens is 2. The fourth-order valence-corrected chi connectivity index (χ4v) is 3.29. The average Bonchev–Trinajstić information content (AvgIpc) is 3.38. The molecule has 7 nitrogen and oxygen atoms in total. The van der Waals surface area contributed by atoms with Gasteiger partial charge in [-0.3, -0.25) is 4.79 Å². The third-order valence-electron chi connectivity index (χ3n) is 4.67. The number of benzene rings is 2. The van der Waals surface area contributed by atoms with Gasteiger partial charge in [0.2, 0.25) is 0 Å². The van der Waals surface area contributed by atoms with E-state index in [9.17, 15) is 4.79 Å². The summed E-state index contributed by atoms with van der Waals surface area (Å²) in [6.45, 7) is 3.25. The Hall–Kier alpha value is -3.74. The summed E-state index contributed by atoms with van der Waals surface area (Å²) in [5.74, 6) is 1.94. The molecule has 0 spiro atoms. The van der Waals surface area contributed by atoms with Gasteiger partial charge in [-0.15, -0.1) is 0 Å². The SMILES string of the molecule is CCCn1c(CNC(=O)c2ccc(Oc3ccccc3OC)o2)nc2ccccc21. The number of amides is 1. The van der Waals surface area contributed by atoms with Crippen LogP contribution in [0.2, 0.25) is 0 Å². The lowest BCUT2D eigenvalue weighted by atomic mass is 10.3. The van der Waals surface area contributed by atoms with Gasteiger partial charge in [-0.25, -0.2) is 4.98 Å². The number of imidazole rings is 1. The normalized spacial score (nSPS) is 10.9. The maximum atomic E-state index is 12.6. The number of hydrogen-bond acceptors (Lipinski definition) is 5. The van der Waals surface area contributed by atoms with Crippen molar-refractivity contribution in [2.24, 2.45) is 0 Å². The average molecular weight is 405 g/mol. The molecule has 0 fully saturated rings. The van der Waals surface area contributed by atoms with Gasteiger partial charge in [0.05, 0.1) is 24.7 Å². The topological polar surface area (TPSA) is 78.5 Å².